The van der Waals surface area contributed by atoms with Crippen molar-refractivity contribution < 1.29 is 9.59 Å². The largest absolute Gasteiger partial charge is 0.399 e. The summed E-state index contributed by atoms with van der Waals surface area (Å²) in [7, 11) is 1.68. The Morgan fingerprint density at radius 2 is 1.68 bits per heavy atom. The molecule has 2 heterocycles. The van der Waals surface area contributed by atoms with Crippen molar-refractivity contribution in [3.63, 3.8) is 0 Å². The quantitative estimate of drug-likeness (QED) is 0.285. The number of hydrogen-bond donors (Lipinski definition) is 3. The molecule has 9 heteroatoms. The van der Waals surface area contributed by atoms with E-state index in [-0.39, 0.29) is 29.9 Å². The number of likely N-dealkylation sites (N-methyl/N-ethyl adjacent to an activating group) is 1. The Hall–Kier alpha value is -3.46. The van der Waals surface area contributed by atoms with Crippen molar-refractivity contribution in [1.29, 1.82) is 0 Å². The van der Waals surface area contributed by atoms with Gasteiger partial charge in [0, 0.05) is 30.4 Å². The second kappa shape index (κ2) is 11.1. The lowest BCUT2D eigenvalue weighted by Gasteiger charge is -2.34. The fourth-order valence-electron chi connectivity index (χ4n) is 5.81. The minimum Gasteiger partial charge on any atom is -0.399 e. The number of nitrogens with two attached hydrogens (primary N) is 1. The maximum Gasteiger partial charge on any atom is 0.251 e. The third kappa shape index (κ3) is 5.38. The van der Waals surface area contributed by atoms with Gasteiger partial charge in [0.1, 0.15) is 11.9 Å². The van der Waals surface area contributed by atoms with E-state index in [1.54, 1.807) is 7.05 Å². The Labute approximate surface area is 231 Å². The third-order valence-corrected chi connectivity index (χ3v) is 8.14. The lowest BCUT2D eigenvalue weighted by atomic mass is 9.84. The van der Waals surface area contributed by atoms with E-state index in [0.717, 1.165) is 42.6 Å². The van der Waals surface area contributed by atoms with Crippen LogP contribution < -0.4 is 21.3 Å². The predicted octanol–water partition coefficient (Wildman–Crippen LogP) is 4.86. The van der Waals surface area contributed by atoms with Crippen molar-refractivity contribution in [3.05, 3.63) is 70.6 Å². The molecule has 5 rings (SSSR count). The second-order valence-corrected chi connectivity index (χ2v) is 10.9. The molecule has 0 spiro atoms. The molecule has 2 aromatic carbocycles. The van der Waals surface area contributed by atoms with Gasteiger partial charge < -0.3 is 21.3 Å². The molecule has 2 amide bonds. The minimum atomic E-state index is -0.361. The summed E-state index contributed by atoms with van der Waals surface area (Å²) in [4.78, 5) is 37.3. The number of halogens is 1. The number of aromatic nitrogens is 2. The Balaban J connectivity index is 1.34. The summed E-state index contributed by atoms with van der Waals surface area (Å²) in [5.74, 6) is 1.03. The molecule has 0 bridgehead atoms. The predicted molar refractivity (Wildman–Crippen MR) is 153 cm³/mol. The van der Waals surface area contributed by atoms with Crippen LogP contribution in [0.3, 0.4) is 0 Å². The monoisotopic (exact) mass is 576 g/mol. The molecule has 2 aliphatic rings. The van der Waals surface area contributed by atoms with Gasteiger partial charge in [-0.15, -0.1) is 0 Å². The standard InChI is InChI=1S/C29H33BrN6O2/c1-17(33-27(37)20-9-7-18(8-10-20)19-11-13-22(31)14-12-19)23-16-26(35-29(30)34-23)36-24-6-4-3-5-21(24)15-25(36)28(38)32-2/h7-14,16-17,21,24-25H,3-6,15,31H2,1-2H3,(H,32,38)(H,33,37)/t17?,21-,24-,25-/m0/s1. The topological polar surface area (TPSA) is 113 Å². The maximum absolute atomic E-state index is 13.1. The molecule has 198 valence electrons. The third-order valence-electron chi connectivity index (χ3n) is 7.79. The van der Waals surface area contributed by atoms with Gasteiger partial charge >= 0.3 is 0 Å². The second-order valence-electron chi connectivity index (χ2n) is 10.2. The number of carbonyl (C=O) groups excluding carboxylic acids is 2. The summed E-state index contributed by atoms with van der Waals surface area (Å²) < 4.78 is 0.439. The molecule has 3 aromatic rings. The Kier molecular flexibility index (Phi) is 7.65. The highest BCUT2D eigenvalue weighted by molar-refractivity contribution is 9.10. The number of nitrogens with one attached hydrogen (secondary N) is 2. The van der Waals surface area contributed by atoms with Gasteiger partial charge in [-0.25, -0.2) is 9.97 Å². The maximum atomic E-state index is 13.1. The Morgan fingerprint density at radius 3 is 2.37 bits per heavy atom. The summed E-state index contributed by atoms with van der Waals surface area (Å²) in [6.45, 7) is 1.91. The first-order chi connectivity index (χ1) is 18.3. The zero-order valence-electron chi connectivity index (χ0n) is 21.7. The van der Waals surface area contributed by atoms with Crippen LogP contribution in [0.1, 0.15) is 61.1 Å². The van der Waals surface area contributed by atoms with Crippen molar-refractivity contribution >= 4 is 39.2 Å². The number of carbonyl (C=O) groups is 2. The smallest absolute Gasteiger partial charge is 0.251 e. The highest BCUT2D eigenvalue weighted by atomic mass is 79.9. The molecule has 1 aliphatic heterocycles. The summed E-state index contributed by atoms with van der Waals surface area (Å²) in [6.07, 6.45) is 5.38. The Morgan fingerprint density at radius 1 is 1.03 bits per heavy atom. The fourth-order valence-corrected chi connectivity index (χ4v) is 6.20. The molecule has 4 atom stereocenters. The SMILES string of the molecule is CNC(=O)[C@@H]1C[C@@H]2CCCC[C@@H]2N1c1cc(C(C)NC(=O)c2ccc(-c3ccc(N)cc3)cc2)nc(Br)n1. The minimum absolute atomic E-state index is 0.0134. The van der Waals surface area contributed by atoms with E-state index < -0.39 is 0 Å². The van der Waals surface area contributed by atoms with Crippen LogP contribution in [-0.4, -0.2) is 40.9 Å². The molecule has 1 aliphatic carbocycles. The molecular weight excluding hydrogens is 544 g/mol. The van der Waals surface area contributed by atoms with Crippen LogP contribution in [0.2, 0.25) is 0 Å². The molecular formula is C29H33BrN6O2. The van der Waals surface area contributed by atoms with Crippen molar-refractivity contribution in [2.75, 3.05) is 17.7 Å². The molecule has 38 heavy (non-hydrogen) atoms. The number of amides is 2. The van der Waals surface area contributed by atoms with E-state index in [1.807, 2.05) is 61.5 Å². The van der Waals surface area contributed by atoms with E-state index in [0.29, 0.717) is 27.6 Å². The number of hydrogen-bond acceptors (Lipinski definition) is 6. The van der Waals surface area contributed by atoms with E-state index in [1.165, 1.54) is 6.42 Å². The number of fused-ring (bicyclic) bond motifs is 1. The van der Waals surface area contributed by atoms with Crippen LogP contribution in [0.15, 0.2) is 59.3 Å². The van der Waals surface area contributed by atoms with Crippen LogP contribution in [-0.2, 0) is 4.79 Å². The molecule has 1 saturated heterocycles. The fraction of sp³-hybridized carbons (Fsp3) is 0.379. The van der Waals surface area contributed by atoms with Gasteiger partial charge in [0.05, 0.1) is 11.7 Å². The summed E-state index contributed by atoms with van der Waals surface area (Å²) in [6, 6.07) is 16.7. The summed E-state index contributed by atoms with van der Waals surface area (Å²) in [5, 5.41) is 5.89. The van der Waals surface area contributed by atoms with Gasteiger partial charge in [-0.2, -0.15) is 0 Å². The normalized spacial score (nSPS) is 21.4. The highest BCUT2D eigenvalue weighted by Gasteiger charge is 2.45. The van der Waals surface area contributed by atoms with Crippen molar-refractivity contribution in [3.8, 4) is 11.1 Å². The van der Waals surface area contributed by atoms with Crippen LogP contribution >= 0.6 is 15.9 Å². The van der Waals surface area contributed by atoms with Gasteiger partial charge in [0.2, 0.25) is 5.91 Å². The van der Waals surface area contributed by atoms with Gasteiger partial charge in [-0.05, 0) is 83.4 Å². The van der Waals surface area contributed by atoms with Crippen molar-refractivity contribution in [1.82, 2.24) is 20.6 Å². The van der Waals surface area contributed by atoms with Crippen LogP contribution in [0.4, 0.5) is 11.5 Å². The summed E-state index contributed by atoms with van der Waals surface area (Å²) in [5.41, 5.74) is 9.80. The van der Waals surface area contributed by atoms with Gasteiger partial charge in [-0.1, -0.05) is 37.1 Å². The molecule has 8 nitrogen and oxygen atoms in total. The first-order valence-corrected chi connectivity index (χ1v) is 13.9. The molecule has 1 aromatic heterocycles. The van der Waals surface area contributed by atoms with E-state index in [4.69, 9.17) is 5.73 Å². The molecule has 0 radical (unpaired) electrons. The Bertz CT molecular complexity index is 1310. The lowest BCUT2D eigenvalue weighted by Crippen LogP contribution is -2.46. The van der Waals surface area contributed by atoms with Crippen LogP contribution in [0, 0.1) is 5.92 Å². The van der Waals surface area contributed by atoms with Crippen LogP contribution in [0.25, 0.3) is 11.1 Å². The van der Waals surface area contributed by atoms with Gasteiger partial charge in [0.15, 0.2) is 4.73 Å². The lowest BCUT2D eigenvalue weighted by molar-refractivity contribution is -0.121. The van der Waals surface area contributed by atoms with E-state index in [2.05, 4.69) is 41.4 Å². The number of nitrogen functional groups attached to an aromatic ring is 1. The van der Waals surface area contributed by atoms with Gasteiger partial charge in [0.25, 0.3) is 5.91 Å². The summed E-state index contributed by atoms with van der Waals surface area (Å²) >= 11 is 3.47. The van der Waals surface area contributed by atoms with Crippen molar-refractivity contribution in [2.45, 2.75) is 57.2 Å². The van der Waals surface area contributed by atoms with Crippen molar-refractivity contribution in [2.24, 2.45) is 5.92 Å². The number of rotatable bonds is 6. The molecule has 1 unspecified atom stereocenters. The first kappa shape index (κ1) is 26.2. The van der Waals surface area contributed by atoms with Crippen LogP contribution in [0.5, 0.6) is 0 Å². The zero-order valence-corrected chi connectivity index (χ0v) is 23.2. The molecule has 2 fully saturated rings. The molecule has 4 N–H and O–H groups in total. The van der Waals surface area contributed by atoms with Gasteiger partial charge in [-0.3, -0.25) is 9.59 Å². The van der Waals surface area contributed by atoms with E-state index in [9.17, 15) is 9.59 Å². The number of nitrogens with zero attached hydrogens (tertiary/aromatic N) is 3. The zero-order chi connectivity index (χ0) is 26.8. The average molecular weight is 578 g/mol. The highest BCUT2D eigenvalue weighted by Crippen LogP contribution is 2.42. The first-order valence-electron chi connectivity index (χ1n) is 13.2. The number of benzene rings is 2. The molecule has 1 saturated carbocycles. The number of anilines is 2. The van der Waals surface area contributed by atoms with E-state index >= 15 is 0 Å². The average Bonchev–Trinajstić information content (AvgIpc) is 3.32.